The predicted molar refractivity (Wildman–Crippen MR) is 115 cm³/mol. The van der Waals surface area contributed by atoms with Gasteiger partial charge in [-0.05, 0) is 23.8 Å². The molecule has 140 valence electrons. The highest BCUT2D eigenvalue weighted by Gasteiger charge is 2.29. The predicted octanol–water partition coefficient (Wildman–Crippen LogP) is 7.06. The van der Waals surface area contributed by atoms with Crippen molar-refractivity contribution in [2.75, 3.05) is 18.1 Å². The average Bonchev–Trinajstić information content (AvgIpc) is 2.95. The normalized spacial score (nSPS) is 14.8. The molecule has 0 atom stereocenters. The van der Waals surface area contributed by atoms with Crippen LogP contribution in [-0.4, -0.2) is 18.1 Å². The Bertz CT molecular complexity index is 785. The van der Waals surface area contributed by atoms with Gasteiger partial charge in [0.15, 0.2) is 0 Å². The van der Waals surface area contributed by atoms with Crippen LogP contribution in [0.4, 0.5) is 5.69 Å². The lowest BCUT2D eigenvalue weighted by Crippen LogP contribution is -2.28. The molecular formula is C22H28Cl2N2. The second kappa shape index (κ2) is 9.01. The quantitative estimate of drug-likeness (QED) is 0.351. The molecule has 0 N–H and O–H groups in total. The molecule has 0 aromatic heterocycles. The topological polar surface area (TPSA) is 6.48 Å². The fourth-order valence-electron chi connectivity index (χ4n) is 3.68. The molecule has 2 nitrogen and oxygen atoms in total. The van der Waals surface area contributed by atoms with Crippen LogP contribution >= 0.6 is 23.2 Å². The summed E-state index contributed by atoms with van der Waals surface area (Å²) in [5.41, 5.74) is 2.50. The van der Waals surface area contributed by atoms with Crippen LogP contribution in [0.15, 0.2) is 46.7 Å². The summed E-state index contributed by atoms with van der Waals surface area (Å²) >= 11 is 13.3. The molecule has 26 heavy (non-hydrogen) atoms. The fourth-order valence-corrected chi connectivity index (χ4v) is 4.18. The molecule has 0 radical (unpaired) electrons. The number of anilines is 1. The van der Waals surface area contributed by atoms with Crippen molar-refractivity contribution < 1.29 is 0 Å². The molecule has 4 heteroatoms. The molecule has 3 rings (SSSR count). The molecule has 0 amide bonds. The van der Waals surface area contributed by atoms with Crippen LogP contribution in [0.3, 0.4) is 0 Å². The molecule has 1 aliphatic heterocycles. The fraction of sp³-hybridized carbons (Fsp3) is 0.455. The lowest BCUT2D eigenvalue weighted by Gasteiger charge is -2.26. The summed E-state index contributed by atoms with van der Waals surface area (Å²) in [5.74, 6) is 0. The van der Waals surface area contributed by atoms with Gasteiger partial charge in [-0.2, -0.15) is 0 Å². The third kappa shape index (κ3) is 3.97. The van der Waals surface area contributed by atoms with Crippen molar-refractivity contribution in [3.8, 4) is 0 Å². The number of fused-ring (bicyclic) bond motifs is 1. The van der Waals surface area contributed by atoms with Crippen LogP contribution in [0, 0.1) is 0 Å². The van der Waals surface area contributed by atoms with Crippen molar-refractivity contribution in [1.29, 1.82) is 0 Å². The van der Waals surface area contributed by atoms with Gasteiger partial charge in [0.05, 0.1) is 12.4 Å². The van der Waals surface area contributed by atoms with Gasteiger partial charge in [-0.15, -0.1) is 0 Å². The molecule has 0 unspecified atom stereocenters. The van der Waals surface area contributed by atoms with E-state index in [1.165, 1.54) is 47.7 Å². The summed E-state index contributed by atoms with van der Waals surface area (Å²) in [6.45, 7) is 6.12. The van der Waals surface area contributed by atoms with Gasteiger partial charge in [-0.3, -0.25) is 0 Å². The van der Waals surface area contributed by atoms with Gasteiger partial charge in [-0.1, -0.05) is 99.1 Å². The second-order valence-electron chi connectivity index (χ2n) is 6.98. The zero-order valence-corrected chi connectivity index (χ0v) is 17.3. The maximum absolute atomic E-state index is 6.68. The van der Waals surface area contributed by atoms with E-state index in [2.05, 4.69) is 60.0 Å². The Morgan fingerprint density at radius 3 is 2.42 bits per heavy atom. The van der Waals surface area contributed by atoms with Crippen molar-refractivity contribution in [3.05, 3.63) is 52.3 Å². The van der Waals surface area contributed by atoms with E-state index in [0.29, 0.717) is 10.3 Å². The first-order chi connectivity index (χ1) is 12.7. The average molecular weight is 391 g/mol. The van der Waals surface area contributed by atoms with Crippen molar-refractivity contribution in [1.82, 2.24) is 4.90 Å². The van der Waals surface area contributed by atoms with Gasteiger partial charge in [0.25, 0.3) is 0 Å². The minimum Gasteiger partial charge on any atom is -0.342 e. The zero-order chi connectivity index (χ0) is 18.5. The van der Waals surface area contributed by atoms with Crippen LogP contribution in [0.25, 0.3) is 10.8 Å². The van der Waals surface area contributed by atoms with Crippen molar-refractivity contribution in [2.24, 2.45) is 0 Å². The Kier molecular flexibility index (Phi) is 6.72. The molecular weight excluding hydrogens is 363 g/mol. The third-order valence-corrected chi connectivity index (χ3v) is 6.06. The molecule has 2 aromatic carbocycles. The van der Waals surface area contributed by atoms with Crippen LogP contribution < -0.4 is 4.90 Å². The molecule has 2 aromatic rings. The Hall–Kier alpha value is -1.38. The highest BCUT2D eigenvalue weighted by Crippen LogP contribution is 2.40. The first-order valence-corrected chi connectivity index (χ1v) is 10.5. The number of hydrogen-bond acceptors (Lipinski definition) is 2. The molecule has 1 aliphatic rings. The second-order valence-corrected chi connectivity index (χ2v) is 7.69. The summed E-state index contributed by atoms with van der Waals surface area (Å²) < 4.78 is 0. The van der Waals surface area contributed by atoms with E-state index in [0.717, 1.165) is 26.1 Å². The van der Waals surface area contributed by atoms with Crippen molar-refractivity contribution in [2.45, 2.75) is 52.4 Å². The highest BCUT2D eigenvalue weighted by molar-refractivity contribution is 6.40. The third-order valence-electron chi connectivity index (χ3n) is 5.16. The van der Waals surface area contributed by atoms with Crippen molar-refractivity contribution >= 4 is 39.7 Å². The molecule has 0 spiro atoms. The monoisotopic (exact) mass is 390 g/mol. The summed E-state index contributed by atoms with van der Waals surface area (Å²) in [6.07, 6.45) is 7.25. The number of nitrogens with zero attached hydrogens (tertiary/aromatic N) is 2. The molecule has 0 saturated carbocycles. The first-order valence-electron chi connectivity index (χ1n) is 9.75. The minimum atomic E-state index is 0.645. The number of aryl methyl sites for hydroxylation is 1. The molecule has 0 bridgehead atoms. The van der Waals surface area contributed by atoms with Crippen LogP contribution in [0.2, 0.25) is 0 Å². The summed E-state index contributed by atoms with van der Waals surface area (Å²) in [5, 5.41) is 3.79. The number of rotatable bonds is 8. The van der Waals surface area contributed by atoms with E-state index in [1.54, 1.807) is 0 Å². The molecule has 0 fully saturated rings. The van der Waals surface area contributed by atoms with Crippen molar-refractivity contribution in [3.63, 3.8) is 0 Å². The first kappa shape index (κ1) is 19.4. The smallest absolute Gasteiger partial charge is 0.146 e. The van der Waals surface area contributed by atoms with E-state index in [9.17, 15) is 0 Å². The zero-order valence-electron chi connectivity index (χ0n) is 15.8. The van der Waals surface area contributed by atoms with Gasteiger partial charge in [-0.25, -0.2) is 0 Å². The maximum atomic E-state index is 6.68. The van der Waals surface area contributed by atoms with E-state index in [-0.39, 0.29) is 0 Å². The maximum Gasteiger partial charge on any atom is 0.146 e. The Labute approximate surface area is 167 Å². The largest absolute Gasteiger partial charge is 0.342 e. The molecule has 1 heterocycles. The Morgan fingerprint density at radius 2 is 1.65 bits per heavy atom. The molecule has 0 saturated heterocycles. The van der Waals surface area contributed by atoms with Gasteiger partial charge < -0.3 is 9.80 Å². The summed E-state index contributed by atoms with van der Waals surface area (Å²) in [4.78, 5) is 4.38. The van der Waals surface area contributed by atoms with Gasteiger partial charge >= 0.3 is 0 Å². The number of benzene rings is 2. The van der Waals surface area contributed by atoms with Crippen LogP contribution in [0.5, 0.6) is 0 Å². The van der Waals surface area contributed by atoms with Gasteiger partial charge in [0.1, 0.15) is 10.3 Å². The van der Waals surface area contributed by atoms with E-state index >= 15 is 0 Å². The van der Waals surface area contributed by atoms with Crippen LogP contribution in [0.1, 0.15) is 51.5 Å². The SMILES string of the molecule is CCCCCCCN1CN(c2c(CC)ccc3ccccc23)C(Cl)=C1Cl. The van der Waals surface area contributed by atoms with Crippen LogP contribution in [-0.2, 0) is 6.42 Å². The standard InChI is InChI=1S/C22H28Cl2N2/c1-3-5-6-7-10-15-25-16-26(22(24)21(25)23)20-17(4-2)13-14-18-11-8-9-12-19(18)20/h8-9,11-14H,3-7,10,15-16H2,1-2H3. The van der Waals surface area contributed by atoms with Gasteiger partial charge in [0.2, 0.25) is 0 Å². The number of unbranched alkanes of at least 4 members (excludes halogenated alkanes) is 4. The van der Waals surface area contributed by atoms with E-state index in [4.69, 9.17) is 23.2 Å². The lowest BCUT2D eigenvalue weighted by molar-refractivity contribution is 0.379. The van der Waals surface area contributed by atoms with E-state index < -0.39 is 0 Å². The minimum absolute atomic E-state index is 0.645. The molecule has 0 aliphatic carbocycles. The van der Waals surface area contributed by atoms with Gasteiger partial charge in [0, 0.05) is 11.9 Å². The lowest BCUT2D eigenvalue weighted by atomic mass is 10.0. The number of halogens is 2. The van der Waals surface area contributed by atoms with E-state index in [1.807, 2.05) is 0 Å². The summed E-state index contributed by atoms with van der Waals surface area (Å²) in [6, 6.07) is 12.9. The Balaban J connectivity index is 1.83. The number of hydrogen-bond donors (Lipinski definition) is 0. The Morgan fingerprint density at radius 1 is 0.885 bits per heavy atom. The highest BCUT2D eigenvalue weighted by atomic mass is 35.5. The summed E-state index contributed by atoms with van der Waals surface area (Å²) in [7, 11) is 0.